The van der Waals surface area contributed by atoms with Gasteiger partial charge in [-0.25, -0.2) is 4.79 Å². The molecule has 4 heteroatoms. The fraction of sp³-hybridized carbons (Fsp3) is 0.143. The van der Waals surface area contributed by atoms with Crippen LogP contribution in [0.1, 0.15) is 16.7 Å². The molecule has 0 unspecified atom stereocenters. The molecule has 0 saturated carbocycles. The molecule has 0 spiro atoms. The maximum absolute atomic E-state index is 10.8. The number of aliphatic carboxylic acids is 1. The van der Waals surface area contributed by atoms with E-state index in [9.17, 15) is 4.79 Å². The first-order chi connectivity index (χ1) is 12.0. The molecule has 126 valence electrons. The van der Waals surface area contributed by atoms with Gasteiger partial charge in [0.25, 0.3) is 0 Å². The summed E-state index contributed by atoms with van der Waals surface area (Å²) in [6, 6.07) is 17.7. The molecule has 0 aliphatic carbocycles. The first-order valence-electron chi connectivity index (χ1n) is 8.02. The molecule has 0 aliphatic heterocycles. The number of ether oxygens (including phenoxy) is 1. The van der Waals surface area contributed by atoms with E-state index in [1.165, 1.54) is 5.56 Å². The van der Waals surface area contributed by atoms with E-state index in [0.29, 0.717) is 5.75 Å². The molecule has 0 atom stereocenters. The van der Waals surface area contributed by atoms with Crippen LogP contribution in [-0.2, 0) is 4.79 Å². The molecule has 3 aromatic rings. The number of rotatable bonds is 5. The van der Waals surface area contributed by atoms with Crippen LogP contribution >= 0.6 is 0 Å². The average Bonchev–Trinajstić information content (AvgIpc) is 2.59. The number of hydrogen-bond donors (Lipinski definition) is 1. The summed E-state index contributed by atoms with van der Waals surface area (Å²) in [5.74, 6) is -0.500. The van der Waals surface area contributed by atoms with E-state index in [1.54, 1.807) is 12.3 Å². The minimum absolute atomic E-state index is 0.386. The topological polar surface area (TPSA) is 58.9 Å². The summed E-state index contributed by atoms with van der Waals surface area (Å²) < 4.78 is 5.45. The van der Waals surface area contributed by atoms with E-state index >= 15 is 0 Å². The number of hydrogen-bond acceptors (Lipinski definition) is 3. The van der Waals surface area contributed by atoms with E-state index < -0.39 is 5.97 Å². The highest BCUT2D eigenvalue weighted by atomic mass is 16.5. The van der Waals surface area contributed by atoms with Crippen LogP contribution in [0.25, 0.3) is 10.8 Å². The highest BCUT2D eigenvalue weighted by Gasteiger charge is 2.09. The van der Waals surface area contributed by atoms with Crippen LogP contribution in [-0.4, -0.2) is 23.9 Å². The zero-order valence-electron chi connectivity index (χ0n) is 14.2. The SMILES string of the molecule is Cc1ccc(N=Cc2c(OCC(=O)O)ccc3ccccc23)c(C)c1. The summed E-state index contributed by atoms with van der Waals surface area (Å²) in [4.78, 5) is 15.4. The van der Waals surface area contributed by atoms with E-state index in [4.69, 9.17) is 9.84 Å². The van der Waals surface area contributed by atoms with E-state index in [1.807, 2.05) is 56.3 Å². The monoisotopic (exact) mass is 333 g/mol. The largest absolute Gasteiger partial charge is 0.481 e. The van der Waals surface area contributed by atoms with Crippen LogP contribution in [0.5, 0.6) is 5.75 Å². The normalized spacial score (nSPS) is 11.1. The van der Waals surface area contributed by atoms with Crippen molar-refractivity contribution in [3.8, 4) is 5.75 Å². The minimum atomic E-state index is -1.01. The Morgan fingerprint density at radius 3 is 2.68 bits per heavy atom. The fourth-order valence-electron chi connectivity index (χ4n) is 2.76. The van der Waals surface area contributed by atoms with Crippen LogP contribution in [0.3, 0.4) is 0 Å². The van der Waals surface area contributed by atoms with Gasteiger partial charge in [0.1, 0.15) is 5.75 Å². The Labute approximate surface area is 146 Å². The van der Waals surface area contributed by atoms with Gasteiger partial charge >= 0.3 is 5.97 Å². The van der Waals surface area contributed by atoms with Gasteiger partial charge in [-0.3, -0.25) is 4.99 Å². The lowest BCUT2D eigenvalue weighted by atomic mass is 10.0. The Morgan fingerprint density at radius 1 is 1.12 bits per heavy atom. The summed E-state index contributed by atoms with van der Waals surface area (Å²) in [7, 11) is 0. The molecule has 0 saturated heterocycles. The molecule has 25 heavy (non-hydrogen) atoms. The molecule has 0 bridgehead atoms. The van der Waals surface area contributed by atoms with Crippen LogP contribution in [0.4, 0.5) is 5.69 Å². The fourth-order valence-corrected chi connectivity index (χ4v) is 2.76. The molecule has 3 aromatic carbocycles. The van der Waals surface area contributed by atoms with E-state index in [-0.39, 0.29) is 6.61 Å². The van der Waals surface area contributed by atoms with Crippen molar-refractivity contribution in [2.75, 3.05) is 6.61 Å². The van der Waals surface area contributed by atoms with E-state index in [2.05, 4.69) is 11.1 Å². The summed E-state index contributed by atoms with van der Waals surface area (Å²) in [6.07, 6.45) is 1.75. The Morgan fingerprint density at radius 2 is 1.92 bits per heavy atom. The maximum atomic E-state index is 10.8. The second-order valence-corrected chi connectivity index (χ2v) is 5.93. The number of fused-ring (bicyclic) bond motifs is 1. The zero-order valence-corrected chi connectivity index (χ0v) is 14.2. The number of carboxylic acid groups (broad SMARTS) is 1. The highest BCUT2D eigenvalue weighted by Crippen LogP contribution is 2.28. The second kappa shape index (κ2) is 7.18. The van der Waals surface area contributed by atoms with Gasteiger partial charge in [0.2, 0.25) is 0 Å². The number of benzene rings is 3. The van der Waals surface area contributed by atoms with Crippen LogP contribution in [0, 0.1) is 13.8 Å². The van der Waals surface area contributed by atoms with Gasteiger partial charge in [0.05, 0.1) is 5.69 Å². The van der Waals surface area contributed by atoms with E-state index in [0.717, 1.165) is 27.6 Å². The lowest BCUT2D eigenvalue weighted by molar-refractivity contribution is -0.139. The zero-order chi connectivity index (χ0) is 17.8. The van der Waals surface area contributed by atoms with Crippen molar-refractivity contribution < 1.29 is 14.6 Å². The molecule has 1 N–H and O–H groups in total. The summed E-state index contributed by atoms with van der Waals surface area (Å²) in [5.41, 5.74) is 3.93. The van der Waals surface area contributed by atoms with Gasteiger partial charge < -0.3 is 9.84 Å². The molecule has 0 aliphatic rings. The lowest BCUT2D eigenvalue weighted by Gasteiger charge is -2.10. The Hall–Kier alpha value is -3.14. The number of carbonyl (C=O) groups is 1. The number of carboxylic acids is 1. The quantitative estimate of drug-likeness (QED) is 0.690. The molecule has 0 radical (unpaired) electrons. The standard InChI is InChI=1S/C21H19NO3/c1-14-7-9-19(15(2)11-14)22-12-18-17-6-4-3-5-16(17)8-10-20(18)25-13-21(23)24/h3-12H,13H2,1-2H3,(H,23,24). The molecule has 0 aromatic heterocycles. The molecule has 4 nitrogen and oxygen atoms in total. The predicted molar refractivity (Wildman–Crippen MR) is 100 cm³/mol. The van der Waals surface area contributed by atoms with Crippen molar-refractivity contribution in [2.45, 2.75) is 13.8 Å². The Bertz CT molecular complexity index is 961. The molecular weight excluding hydrogens is 314 g/mol. The number of aryl methyl sites for hydroxylation is 2. The van der Waals surface area contributed by atoms with Gasteiger partial charge in [0, 0.05) is 11.8 Å². The third-order valence-corrected chi connectivity index (χ3v) is 3.97. The Kier molecular flexibility index (Phi) is 4.80. The van der Waals surface area contributed by atoms with Gasteiger partial charge in [-0.2, -0.15) is 0 Å². The van der Waals surface area contributed by atoms with Gasteiger partial charge in [-0.1, -0.05) is 48.0 Å². The molecular formula is C21H19NO3. The van der Waals surface area contributed by atoms with Crippen molar-refractivity contribution in [2.24, 2.45) is 4.99 Å². The van der Waals surface area contributed by atoms with Crippen molar-refractivity contribution >= 4 is 28.6 Å². The molecule has 0 amide bonds. The number of nitrogens with zero attached hydrogens (tertiary/aromatic N) is 1. The first kappa shape index (κ1) is 16.7. The third kappa shape index (κ3) is 3.86. The molecule has 0 fully saturated rings. The van der Waals surface area contributed by atoms with Crippen LogP contribution < -0.4 is 4.74 Å². The highest BCUT2D eigenvalue weighted by molar-refractivity contribution is 6.03. The van der Waals surface area contributed by atoms with Crippen LogP contribution in [0.2, 0.25) is 0 Å². The summed E-state index contributed by atoms with van der Waals surface area (Å²) in [6.45, 7) is 3.68. The van der Waals surface area contributed by atoms with Crippen molar-refractivity contribution in [3.05, 3.63) is 71.3 Å². The van der Waals surface area contributed by atoms with Crippen molar-refractivity contribution in [1.29, 1.82) is 0 Å². The lowest BCUT2D eigenvalue weighted by Crippen LogP contribution is -2.10. The van der Waals surface area contributed by atoms with Gasteiger partial charge in [0.15, 0.2) is 6.61 Å². The van der Waals surface area contributed by atoms with Crippen molar-refractivity contribution in [1.82, 2.24) is 0 Å². The Balaban J connectivity index is 2.06. The maximum Gasteiger partial charge on any atom is 0.341 e. The summed E-state index contributed by atoms with van der Waals surface area (Å²) in [5, 5.41) is 10.9. The minimum Gasteiger partial charge on any atom is -0.481 e. The van der Waals surface area contributed by atoms with Gasteiger partial charge in [-0.15, -0.1) is 0 Å². The average molecular weight is 333 g/mol. The molecule has 0 heterocycles. The van der Waals surface area contributed by atoms with Gasteiger partial charge in [-0.05, 0) is 42.3 Å². The number of aliphatic imine (C=N–C) groups is 1. The second-order valence-electron chi connectivity index (χ2n) is 5.93. The smallest absolute Gasteiger partial charge is 0.341 e. The summed E-state index contributed by atoms with van der Waals surface area (Å²) >= 11 is 0. The molecule has 3 rings (SSSR count). The first-order valence-corrected chi connectivity index (χ1v) is 8.02. The van der Waals surface area contributed by atoms with Crippen molar-refractivity contribution in [3.63, 3.8) is 0 Å². The predicted octanol–water partition coefficient (Wildman–Crippen LogP) is 4.67. The third-order valence-electron chi connectivity index (χ3n) is 3.97. The van der Waals surface area contributed by atoms with Crippen LogP contribution in [0.15, 0.2) is 59.6 Å².